The summed E-state index contributed by atoms with van der Waals surface area (Å²) in [7, 11) is 0. The lowest BCUT2D eigenvalue weighted by Gasteiger charge is -2.10. The number of fused-ring (bicyclic) bond motifs is 1. The lowest BCUT2D eigenvalue weighted by atomic mass is 10.1. The summed E-state index contributed by atoms with van der Waals surface area (Å²) < 4.78 is 0. The number of H-pyrrole nitrogens is 1. The number of aromatic nitrogens is 5. The Labute approximate surface area is 199 Å². The number of carbonyl (C=O) groups excluding carboxylic acids is 1. The molecule has 1 amide bonds. The molecule has 0 bridgehead atoms. The van der Waals surface area contributed by atoms with E-state index in [0.717, 1.165) is 38.4 Å². The lowest BCUT2D eigenvalue weighted by molar-refractivity contribution is -0.115. The molecule has 3 aromatic heterocycles. The molecule has 0 aliphatic heterocycles. The third-order valence-electron chi connectivity index (χ3n) is 5.25. The van der Waals surface area contributed by atoms with Gasteiger partial charge in [0.2, 0.25) is 11.9 Å². The van der Waals surface area contributed by atoms with E-state index in [0.29, 0.717) is 16.9 Å². The van der Waals surface area contributed by atoms with Gasteiger partial charge in [0.25, 0.3) is 0 Å². The van der Waals surface area contributed by atoms with Crippen molar-refractivity contribution in [2.45, 2.75) is 20.3 Å². The maximum atomic E-state index is 12.3. The summed E-state index contributed by atoms with van der Waals surface area (Å²) in [5, 5.41) is 18.0. The second kappa shape index (κ2) is 9.28. The first-order chi connectivity index (χ1) is 16.5. The highest BCUT2D eigenvalue weighted by molar-refractivity contribution is 7.15. The highest BCUT2D eigenvalue weighted by atomic mass is 32.1. The molecular weight excluding hydrogens is 448 g/mol. The minimum atomic E-state index is -0.0933. The number of anilines is 5. The summed E-state index contributed by atoms with van der Waals surface area (Å²) in [5.41, 5.74) is 4.52. The van der Waals surface area contributed by atoms with Gasteiger partial charge in [-0.2, -0.15) is 10.1 Å². The number of aromatic amines is 1. The lowest BCUT2D eigenvalue weighted by Crippen LogP contribution is -2.14. The molecule has 0 aliphatic rings. The van der Waals surface area contributed by atoms with E-state index < -0.39 is 0 Å². The Morgan fingerprint density at radius 3 is 2.68 bits per heavy atom. The van der Waals surface area contributed by atoms with Gasteiger partial charge in [-0.15, -0.1) is 11.3 Å². The Morgan fingerprint density at radius 1 is 1.03 bits per heavy atom. The topological polar surface area (TPSA) is 121 Å². The molecule has 34 heavy (non-hydrogen) atoms. The van der Waals surface area contributed by atoms with Crippen LogP contribution >= 0.6 is 11.3 Å². The fourth-order valence-electron chi connectivity index (χ4n) is 3.41. The van der Waals surface area contributed by atoms with Crippen LogP contribution in [0.5, 0.6) is 0 Å². The van der Waals surface area contributed by atoms with Gasteiger partial charge in [-0.25, -0.2) is 9.97 Å². The molecule has 9 nitrogen and oxygen atoms in total. The zero-order valence-electron chi connectivity index (χ0n) is 18.6. The van der Waals surface area contributed by atoms with E-state index >= 15 is 0 Å². The van der Waals surface area contributed by atoms with E-state index in [-0.39, 0.29) is 12.3 Å². The standard InChI is InChI=1S/C24H22N8OS/c1-14-15(2)34-24(27-14)31-22(33)12-16-6-8-17(9-7-16)28-23-25-11-10-21(30-23)29-19-4-3-5-20-18(19)13-26-32-20/h3-11,13H,12H2,1-2H3,(H,26,32)(H,27,31,33)(H2,25,28,29,30). The van der Waals surface area contributed by atoms with Crippen molar-refractivity contribution in [2.75, 3.05) is 16.0 Å². The highest BCUT2D eigenvalue weighted by Crippen LogP contribution is 2.25. The molecule has 3 heterocycles. The van der Waals surface area contributed by atoms with Gasteiger partial charge in [0.1, 0.15) is 5.82 Å². The average molecular weight is 471 g/mol. The van der Waals surface area contributed by atoms with Crippen LogP contribution in [0.25, 0.3) is 10.9 Å². The SMILES string of the molecule is Cc1nc(NC(=O)Cc2ccc(Nc3nccc(Nc4cccc5[nH]ncc45)n3)cc2)sc1C. The van der Waals surface area contributed by atoms with Crippen molar-refractivity contribution in [1.29, 1.82) is 0 Å². The molecule has 0 unspecified atom stereocenters. The normalized spacial score (nSPS) is 10.9. The van der Waals surface area contributed by atoms with Crippen molar-refractivity contribution >= 4 is 56.4 Å². The second-order valence-corrected chi connectivity index (χ2v) is 8.94. The van der Waals surface area contributed by atoms with Crippen molar-refractivity contribution in [3.63, 3.8) is 0 Å². The molecule has 2 aromatic carbocycles. The molecule has 5 rings (SSSR count). The number of nitrogens with zero attached hydrogens (tertiary/aromatic N) is 4. The van der Waals surface area contributed by atoms with Gasteiger partial charge in [0.05, 0.1) is 29.5 Å². The van der Waals surface area contributed by atoms with Crippen LogP contribution in [-0.2, 0) is 11.2 Å². The molecule has 0 fully saturated rings. The van der Waals surface area contributed by atoms with Crippen LogP contribution in [-0.4, -0.2) is 31.1 Å². The van der Waals surface area contributed by atoms with Crippen molar-refractivity contribution in [3.05, 3.63) is 77.1 Å². The van der Waals surface area contributed by atoms with Crippen LogP contribution in [0.15, 0.2) is 60.9 Å². The largest absolute Gasteiger partial charge is 0.339 e. The highest BCUT2D eigenvalue weighted by Gasteiger charge is 2.09. The molecule has 4 N–H and O–H groups in total. The fraction of sp³-hybridized carbons (Fsp3) is 0.125. The number of carbonyl (C=O) groups is 1. The van der Waals surface area contributed by atoms with Crippen LogP contribution in [0.3, 0.4) is 0 Å². The van der Waals surface area contributed by atoms with Gasteiger partial charge in [-0.1, -0.05) is 18.2 Å². The van der Waals surface area contributed by atoms with Gasteiger partial charge in [-0.05, 0) is 49.7 Å². The molecule has 0 saturated carbocycles. The number of thiazole rings is 1. The summed E-state index contributed by atoms with van der Waals surface area (Å²) in [6.45, 7) is 3.92. The Balaban J connectivity index is 1.22. The van der Waals surface area contributed by atoms with Crippen LogP contribution in [0.2, 0.25) is 0 Å². The van der Waals surface area contributed by atoms with Gasteiger partial charge < -0.3 is 16.0 Å². The Morgan fingerprint density at radius 2 is 1.88 bits per heavy atom. The van der Waals surface area contributed by atoms with Crippen molar-refractivity contribution < 1.29 is 4.79 Å². The molecule has 0 aliphatic carbocycles. The average Bonchev–Trinajstić information content (AvgIpc) is 3.42. The third-order valence-corrected chi connectivity index (χ3v) is 6.24. The van der Waals surface area contributed by atoms with Gasteiger partial charge >= 0.3 is 0 Å². The number of hydrogen-bond acceptors (Lipinski definition) is 8. The summed E-state index contributed by atoms with van der Waals surface area (Å²) in [5.74, 6) is 1.03. The first-order valence-corrected chi connectivity index (χ1v) is 11.5. The Kier molecular flexibility index (Phi) is 5.88. The van der Waals surface area contributed by atoms with E-state index in [1.807, 2.05) is 56.3 Å². The van der Waals surface area contributed by atoms with Gasteiger partial charge in [0.15, 0.2) is 5.13 Å². The number of benzene rings is 2. The smallest absolute Gasteiger partial charge is 0.230 e. The first-order valence-electron chi connectivity index (χ1n) is 10.7. The van der Waals surface area contributed by atoms with E-state index in [1.54, 1.807) is 18.5 Å². The predicted octanol–water partition coefficient (Wildman–Crippen LogP) is 5.09. The van der Waals surface area contributed by atoms with Gasteiger partial charge in [-0.3, -0.25) is 9.89 Å². The number of amides is 1. The Bertz CT molecular complexity index is 1440. The van der Waals surface area contributed by atoms with Crippen molar-refractivity contribution in [2.24, 2.45) is 0 Å². The minimum absolute atomic E-state index is 0.0933. The van der Waals surface area contributed by atoms with Crippen molar-refractivity contribution in [1.82, 2.24) is 25.1 Å². The van der Waals surface area contributed by atoms with E-state index in [1.165, 1.54) is 11.3 Å². The molecule has 0 atom stereocenters. The zero-order chi connectivity index (χ0) is 23.5. The van der Waals surface area contributed by atoms with Crippen molar-refractivity contribution in [3.8, 4) is 0 Å². The quantitative estimate of drug-likeness (QED) is 0.261. The monoisotopic (exact) mass is 470 g/mol. The second-order valence-electron chi connectivity index (χ2n) is 7.73. The minimum Gasteiger partial charge on any atom is -0.339 e. The van der Waals surface area contributed by atoms with E-state index in [4.69, 9.17) is 0 Å². The number of hydrogen-bond donors (Lipinski definition) is 4. The molecule has 5 aromatic rings. The van der Waals surface area contributed by atoms with E-state index in [9.17, 15) is 4.79 Å². The summed E-state index contributed by atoms with van der Waals surface area (Å²) in [4.78, 5) is 26.6. The van der Waals surface area contributed by atoms with Gasteiger partial charge in [0, 0.05) is 22.1 Å². The summed E-state index contributed by atoms with van der Waals surface area (Å²) in [6.07, 6.45) is 3.74. The number of aryl methyl sites for hydroxylation is 2. The number of nitrogens with one attached hydrogen (secondary N) is 4. The predicted molar refractivity (Wildman–Crippen MR) is 135 cm³/mol. The van der Waals surface area contributed by atoms with Crippen LogP contribution < -0.4 is 16.0 Å². The molecule has 0 radical (unpaired) electrons. The van der Waals surface area contributed by atoms with Crippen LogP contribution in [0.1, 0.15) is 16.1 Å². The maximum absolute atomic E-state index is 12.3. The summed E-state index contributed by atoms with van der Waals surface area (Å²) >= 11 is 1.48. The zero-order valence-corrected chi connectivity index (χ0v) is 19.4. The van der Waals surface area contributed by atoms with Crippen LogP contribution in [0.4, 0.5) is 28.3 Å². The molecule has 10 heteroatoms. The first kappa shape index (κ1) is 21.5. The molecular formula is C24H22N8OS. The van der Waals surface area contributed by atoms with Crippen LogP contribution in [0, 0.1) is 13.8 Å². The molecule has 0 saturated heterocycles. The molecule has 170 valence electrons. The fourth-order valence-corrected chi connectivity index (χ4v) is 4.24. The van der Waals surface area contributed by atoms with E-state index in [2.05, 4.69) is 41.1 Å². The number of rotatable bonds is 7. The Hall–Kier alpha value is -4.31. The molecule has 0 spiro atoms. The maximum Gasteiger partial charge on any atom is 0.230 e. The summed E-state index contributed by atoms with van der Waals surface area (Å²) in [6, 6.07) is 15.3. The third kappa shape index (κ3) is 4.86.